The van der Waals surface area contributed by atoms with Crippen LogP contribution >= 0.6 is 0 Å². The molecule has 1 aromatic rings. The van der Waals surface area contributed by atoms with Crippen LogP contribution < -0.4 is 15.0 Å². The maximum Gasteiger partial charge on any atom is 0.234 e. The SMILES string of the molecule is CCOc1cncc(N2CCOCC2CNC(C)C)n1. The second kappa shape index (κ2) is 7.40. The quantitative estimate of drug-likeness (QED) is 0.841. The maximum absolute atomic E-state index is 5.58. The molecule has 112 valence electrons. The predicted molar refractivity (Wildman–Crippen MR) is 78.3 cm³/mol. The number of nitrogens with one attached hydrogen (secondary N) is 1. The molecule has 2 rings (SSSR count). The number of hydrogen-bond acceptors (Lipinski definition) is 6. The van der Waals surface area contributed by atoms with E-state index in [4.69, 9.17) is 9.47 Å². The van der Waals surface area contributed by atoms with E-state index < -0.39 is 0 Å². The average molecular weight is 280 g/mol. The Labute approximate surface area is 120 Å². The molecule has 20 heavy (non-hydrogen) atoms. The van der Waals surface area contributed by atoms with Crippen molar-refractivity contribution in [2.24, 2.45) is 0 Å². The molecule has 0 radical (unpaired) electrons. The van der Waals surface area contributed by atoms with Gasteiger partial charge in [-0.25, -0.2) is 0 Å². The van der Waals surface area contributed by atoms with Gasteiger partial charge >= 0.3 is 0 Å². The van der Waals surface area contributed by atoms with Crippen LogP contribution in [0, 0.1) is 0 Å². The largest absolute Gasteiger partial charge is 0.477 e. The van der Waals surface area contributed by atoms with Gasteiger partial charge in [0.2, 0.25) is 5.88 Å². The number of morpholine rings is 1. The van der Waals surface area contributed by atoms with Crippen molar-refractivity contribution < 1.29 is 9.47 Å². The molecule has 0 saturated carbocycles. The normalized spacial score (nSPS) is 19.4. The first-order chi connectivity index (χ1) is 9.70. The van der Waals surface area contributed by atoms with Gasteiger partial charge in [-0.2, -0.15) is 4.98 Å². The lowest BCUT2D eigenvalue weighted by Gasteiger charge is -2.36. The molecule has 1 aliphatic heterocycles. The summed E-state index contributed by atoms with van der Waals surface area (Å²) in [6.45, 7) is 9.96. The van der Waals surface area contributed by atoms with Gasteiger partial charge in [0.1, 0.15) is 0 Å². The molecular weight excluding hydrogens is 256 g/mol. The maximum atomic E-state index is 5.58. The summed E-state index contributed by atoms with van der Waals surface area (Å²) >= 11 is 0. The van der Waals surface area contributed by atoms with Gasteiger partial charge in [0.15, 0.2) is 5.82 Å². The Bertz CT molecular complexity index is 414. The van der Waals surface area contributed by atoms with E-state index in [1.807, 2.05) is 6.92 Å². The minimum atomic E-state index is 0.275. The molecule has 1 N–H and O–H groups in total. The third-order valence-corrected chi connectivity index (χ3v) is 3.18. The van der Waals surface area contributed by atoms with Gasteiger partial charge in [0.25, 0.3) is 0 Å². The fraction of sp³-hybridized carbons (Fsp3) is 0.714. The lowest BCUT2D eigenvalue weighted by Crippen LogP contribution is -2.51. The highest BCUT2D eigenvalue weighted by atomic mass is 16.5. The van der Waals surface area contributed by atoms with Crippen LogP contribution in [0.15, 0.2) is 12.4 Å². The van der Waals surface area contributed by atoms with Crippen LogP contribution in [0.1, 0.15) is 20.8 Å². The minimum Gasteiger partial charge on any atom is -0.477 e. The van der Waals surface area contributed by atoms with Crippen LogP contribution in [0.25, 0.3) is 0 Å². The van der Waals surface area contributed by atoms with E-state index in [1.165, 1.54) is 0 Å². The van der Waals surface area contributed by atoms with Gasteiger partial charge in [-0.15, -0.1) is 0 Å². The summed E-state index contributed by atoms with van der Waals surface area (Å²) < 4.78 is 11.0. The summed E-state index contributed by atoms with van der Waals surface area (Å²) in [6.07, 6.45) is 3.44. The Kier molecular flexibility index (Phi) is 5.55. The predicted octanol–water partition coefficient (Wildman–Crippen LogP) is 1.08. The molecule has 1 atom stereocenters. The smallest absolute Gasteiger partial charge is 0.234 e. The number of anilines is 1. The fourth-order valence-corrected chi connectivity index (χ4v) is 2.19. The third-order valence-electron chi connectivity index (χ3n) is 3.18. The number of rotatable bonds is 6. The van der Waals surface area contributed by atoms with Gasteiger partial charge < -0.3 is 19.7 Å². The number of aromatic nitrogens is 2. The van der Waals surface area contributed by atoms with Crippen molar-refractivity contribution >= 4 is 5.82 Å². The van der Waals surface area contributed by atoms with E-state index in [-0.39, 0.29) is 6.04 Å². The van der Waals surface area contributed by atoms with E-state index in [0.29, 0.717) is 25.1 Å². The lowest BCUT2D eigenvalue weighted by atomic mass is 10.2. The molecule has 1 saturated heterocycles. The van der Waals surface area contributed by atoms with E-state index >= 15 is 0 Å². The first kappa shape index (κ1) is 15.0. The molecule has 0 bridgehead atoms. The molecule has 1 aliphatic rings. The van der Waals surface area contributed by atoms with Crippen molar-refractivity contribution in [3.05, 3.63) is 12.4 Å². The summed E-state index contributed by atoms with van der Waals surface area (Å²) in [5.74, 6) is 1.43. The van der Waals surface area contributed by atoms with Crippen molar-refractivity contribution in [3.8, 4) is 5.88 Å². The van der Waals surface area contributed by atoms with Crippen molar-refractivity contribution in [3.63, 3.8) is 0 Å². The molecule has 0 spiro atoms. The fourth-order valence-electron chi connectivity index (χ4n) is 2.19. The zero-order valence-corrected chi connectivity index (χ0v) is 12.5. The van der Waals surface area contributed by atoms with Crippen LogP contribution in [0.2, 0.25) is 0 Å². The van der Waals surface area contributed by atoms with Crippen molar-refractivity contribution in [2.45, 2.75) is 32.9 Å². The molecule has 0 aromatic carbocycles. The first-order valence-corrected chi connectivity index (χ1v) is 7.23. The summed E-state index contributed by atoms with van der Waals surface area (Å²) in [5.41, 5.74) is 0. The summed E-state index contributed by atoms with van der Waals surface area (Å²) in [4.78, 5) is 11.0. The zero-order chi connectivity index (χ0) is 14.4. The second-order valence-electron chi connectivity index (χ2n) is 5.13. The standard InChI is InChI=1S/C14H24N4O2/c1-4-20-14-9-15-8-13(17-14)18-5-6-19-10-12(18)7-16-11(2)3/h8-9,11-12,16H,4-7,10H2,1-3H3. The zero-order valence-electron chi connectivity index (χ0n) is 12.5. The van der Waals surface area contributed by atoms with E-state index in [1.54, 1.807) is 12.4 Å². The van der Waals surface area contributed by atoms with Crippen LogP contribution in [-0.4, -0.2) is 55.0 Å². The molecule has 1 aromatic heterocycles. The molecular formula is C14H24N4O2. The van der Waals surface area contributed by atoms with Gasteiger partial charge in [-0.1, -0.05) is 13.8 Å². The highest BCUT2D eigenvalue weighted by Gasteiger charge is 2.24. The first-order valence-electron chi connectivity index (χ1n) is 7.23. The van der Waals surface area contributed by atoms with Gasteiger partial charge in [0, 0.05) is 19.1 Å². The van der Waals surface area contributed by atoms with Gasteiger partial charge in [0.05, 0.1) is 38.3 Å². The molecule has 0 amide bonds. The average Bonchev–Trinajstić information content (AvgIpc) is 2.46. The molecule has 2 heterocycles. The second-order valence-corrected chi connectivity index (χ2v) is 5.13. The molecule has 0 aliphatic carbocycles. The topological polar surface area (TPSA) is 59.5 Å². The molecule has 6 nitrogen and oxygen atoms in total. The molecule has 1 unspecified atom stereocenters. The van der Waals surface area contributed by atoms with E-state index in [2.05, 4.69) is 34.0 Å². The number of nitrogens with zero attached hydrogens (tertiary/aromatic N) is 3. The summed E-state index contributed by atoms with van der Waals surface area (Å²) in [6, 6.07) is 0.733. The van der Waals surface area contributed by atoms with Crippen molar-refractivity contribution in [1.82, 2.24) is 15.3 Å². The number of ether oxygens (including phenoxy) is 2. The molecule has 1 fully saturated rings. The van der Waals surface area contributed by atoms with Crippen LogP contribution in [-0.2, 0) is 4.74 Å². The van der Waals surface area contributed by atoms with Crippen LogP contribution in [0.3, 0.4) is 0 Å². The minimum absolute atomic E-state index is 0.275. The van der Waals surface area contributed by atoms with Gasteiger partial charge in [-0.3, -0.25) is 4.98 Å². The molecule has 6 heteroatoms. The van der Waals surface area contributed by atoms with E-state index in [9.17, 15) is 0 Å². The Morgan fingerprint density at radius 2 is 2.35 bits per heavy atom. The summed E-state index contributed by atoms with van der Waals surface area (Å²) in [7, 11) is 0. The third kappa shape index (κ3) is 4.05. The highest BCUT2D eigenvalue weighted by molar-refractivity contribution is 5.39. The van der Waals surface area contributed by atoms with Crippen LogP contribution in [0.5, 0.6) is 5.88 Å². The van der Waals surface area contributed by atoms with E-state index in [0.717, 1.165) is 25.5 Å². The van der Waals surface area contributed by atoms with Crippen molar-refractivity contribution in [2.75, 3.05) is 37.8 Å². The summed E-state index contributed by atoms with van der Waals surface area (Å²) in [5, 5.41) is 3.45. The Morgan fingerprint density at radius 3 is 3.10 bits per heavy atom. The number of hydrogen-bond donors (Lipinski definition) is 1. The Balaban J connectivity index is 2.08. The van der Waals surface area contributed by atoms with Crippen molar-refractivity contribution in [1.29, 1.82) is 0 Å². The lowest BCUT2D eigenvalue weighted by molar-refractivity contribution is 0.0926. The Hall–Kier alpha value is -1.40. The van der Waals surface area contributed by atoms with Crippen LogP contribution in [0.4, 0.5) is 5.82 Å². The van der Waals surface area contributed by atoms with Gasteiger partial charge in [-0.05, 0) is 6.92 Å². The highest BCUT2D eigenvalue weighted by Crippen LogP contribution is 2.18. The Morgan fingerprint density at radius 1 is 1.50 bits per heavy atom. The monoisotopic (exact) mass is 280 g/mol.